The number of hydrogen-bond acceptors (Lipinski definition) is 5. The smallest absolute Gasteiger partial charge is 0.269 e. The molecule has 0 unspecified atom stereocenters. The summed E-state index contributed by atoms with van der Waals surface area (Å²) >= 11 is 0. The van der Waals surface area contributed by atoms with Crippen molar-refractivity contribution in [3.8, 4) is 0 Å². The number of Topliss-reactive ketones (excluding diaryl/α,β-unsaturated/α-hetero) is 2. The largest absolute Gasteiger partial charge is 0.367 e. The number of rotatable bonds is 1. The van der Waals surface area contributed by atoms with Crippen LogP contribution in [-0.4, -0.2) is 29.1 Å². The highest BCUT2D eigenvalue weighted by Crippen LogP contribution is 2.49. The quantitative estimate of drug-likeness (QED) is 0.445. The molecule has 4 rings (SSSR count). The number of ketones is 2. The van der Waals surface area contributed by atoms with Crippen LogP contribution >= 0.6 is 0 Å². The Hall–Kier alpha value is -2.24. The Kier molecular flexibility index (Phi) is 3.85. The van der Waals surface area contributed by atoms with Crippen LogP contribution in [0.5, 0.6) is 0 Å². The van der Waals surface area contributed by atoms with Crippen molar-refractivity contribution in [3.05, 3.63) is 33.9 Å². The second-order valence-electron chi connectivity index (χ2n) is 7.48. The summed E-state index contributed by atoms with van der Waals surface area (Å²) in [6, 6.07) is 4.80. The summed E-state index contributed by atoms with van der Waals surface area (Å²) in [4.78, 5) is 39.0. The van der Waals surface area contributed by atoms with Crippen molar-refractivity contribution in [3.63, 3.8) is 0 Å². The van der Waals surface area contributed by atoms with E-state index in [1.807, 2.05) is 0 Å². The number of carbonyl (C=O) groups is 2. The molecule has 1 saturated heterocycles. The van der Waals surface area contributed by atoms with Crippen LogP contribution in [0.15, 0.2) is 18.2 Å². The normalized spacial score (nSPS) is 25.3. The van der Waals surface area contributed by atoms with Gasteiger partial charge in [0.25, 0.3) is 5.69 Å². The van der Waals surface area contributed by atoms with Crippen molar-refractivity contribution in [2.75, 3.05) is 11.4 Å². The zero-order valence-corrected chi connectivity index (χ0v) is 14.2. The van der Waals surface area contributed by atoms with Crippen molar-refractivity contribution in [1.82, 2.24) is 0 Å². The first-order valence-corrected chi connectivity index (χ1v) is 9.14. The standard InChI is InChI=1S/C19H22N2O4/c22-17-6-4-7-18(23)19(17)12-13-11-14(21(24)25)8-9-15(13)20-10-3-1-2-5-16(19)20/h8-9,11,16H,1-7,10,12H2/t16-/m0/s1. The van der Waals surface area contributed by atoms with Gasteiger partial charge in [-0.1, -0.05) is 12.8 Å². The molecule has 1 aliphatic carbocycles. The lowest BCUT2D eigenvalue weighted by atomic mass is 9.61. The number of hydrogen-bond donors (Lipinski definition) is 0. The average Bonchev–Trinajstić information content (AvgIpc) is 2.85. The van der Waals surface area contributed by atoms with Gasteiger partial charge in [0, 0.05) is 43.2 Å². The Balaban J connectivity index is 1.89. The molecular formula is C19H22N2O4. The molecule has 6 heteroatoms. The van der Waals surface area contributed by atoms with Gasteiger partial charge in [-0.2, -0.15) is 0 Å². The molecule has 1 aromatic rings. The van der Waals surface area contributed by atoms with E-state index in [4.69, 9.17) is 0 Å². The highest BCUT2D eigenvalue weighted by molar-refractivity contribution is 6.11. The van der Waals surface area contributed by atoms with Crippen LogP contribution in [0.25, 0.3) is 0 Å². The van der Waals surface area contributed by atoms with Crippen molar-refractivity contribution in [2.24, 2.45) is 5.41 Å². The van der Waals surface area contributed by atoms with Crippen LogP contribution in [-0.2, 0) is 16.0 Å². The van der Waals surface area contributed by atoms with Gasteiger partial charge in [0.2, 0.25) is 0 Å². The number of non-ortho nitro benzene ring substituents is 1. The Morgan fingerprint density at radius 3 is 2.56 bits per heavy atom. The van der Waals surface area contributed by atoms with E-state index in [1.165, 1.54) is 6.07 Å². The first-order valence-electron chi connectivity index (χ1n) is 9.14. The van der Waals surface area contributed by atoms with Crippen LogP contribution < -0.4 is 4.90 Å². The Morgan fingerprint density at radius 2 is 1.84 bits per heavy atom. The summed E-state index contributed by atoms with van der Waals surface area (Å²) in [5, 5.41) is 11.2. The molecule has 2 heterocycles. The number of anilines is 1. The van der Waals surface area contributed by atoms with Gasteiger partial charge in [0.1, 0.15) is 17.0 Å². The lowest BCUT2D eigenvalue weighted by Crippen LogP contribution is -2.61. The molecule has 1 spiro atoms. The molecule has 0 aromatic heterocycles. The number of carbonyl (C=O) groups excluding carboxylic acids is 2. The zero-order chi connectivity index (χ0) is 17.6. The predicted octanol–water partition coefficient (Wildman–Crippen LogP) is 3.21. The van der Waals surface area contributed by atoms with Crippen molar-refractivity contribution in [1.29, 1.82) is 0 Å². The first-order chi connectivity index (χ1) is 12.0. The summed E-state index contributed by atoms with van der Waals surface area (Å²) in [6.45, 7) is 0.803. The maximum atomic E-state index is 13.0. The molecule has 1 saturated carbocycles. The second kappa shape index (κ2) is 5.93. The molecule has 0 N–H and O–H groups in total. The van der Waals surface area contributed by atoms with Crippen LogP contribution in [0.4, 0.5) is 11.4 Å². The van der Waals surface area contributed by atoms with Gasteiger partial charge in [-0.25, -0.2) is 0 Å². The highest BCUT2D eigenvalue weighted by atomic mass is 16.6. The van der Waals surface area contributed by atoms with Crippen LogP contribution in [0, 0.1) is 15.5 Å². The molecule has 6 nitrogen and oxygen atoms in total. The van der Waals surface area contributed by atoms with Gasteiger partial charge >= 0.3 is 0 Å². The van der Waals surface area contributed by atoms with Crippen molar-refractivity contribution >= 4 is 22.9 Å². The molecule has 1 atom stereocenters. The summed E-state index contributed by atoms with van der Waals surface area (Å²) in [6.07, 6.45) is 5.82. The molecule has 132 valence electrons. The van der Waals surface area contributed by atoms with E-state index in [-0.39, 0.29) is 23.3 Å². The van der Waals surface area contributed by atoms with E-state index in [0.717, 1.165) is 43.5 Å². The van der Waals surface area contributed by atoms with E-state index in [0.29, 0.717) is 25.7 Å². The number of fused-ring (bicyclic) bond motifs is 4. The van der Waals surface area contributed by atoms with Gasteiger partial charge in [0.05, 0.1) is 4.92 Å². The third-order valence-electron chi connectivity index (χ3n) is 6.18. The monoisotopic (exact) mass is 342 g/mol. The number of benzene rings is 1. The average molecular weight is 342 g/mol. The second-order valence-corrected chi connectivity index (χ2v) is 7.48. The molecule has 0 radical (unpaired) electrons. The number of nitro benzene ring substituents is 1. The SMILES string of the molecule is O=C1CCCC(=O)C12Cc1cc([N+](=O)[O-])ccc1N1CCCCC[C@H]12. The van der Waals surface area contributed by atoms with Crippen LogP contribution in [0.1, 0.15) is 50.5 Å². The Labute approximate surface area is 146 Å². The van der Waals surface area contributed by atoms with Gasteiger partial charge in [-0.3, -0.25) is 19.7 Å². The lowest BCUT2D eigenvalue weighted by Gasteiger charge is -2.50. The summed E-state index contributed by atoms with van der Waals surface area (Å²) in [5.74, 6) is 0.0793. The van der Waals surface area contributed by atoms with Crippen LogP contribution in [0.2, 0.25) is 0 Å². The third kappa shape index (κ3) is 2.38. The van der Waals surface area contributed by atoms with E-state index in [1.54, 1.807) is 12.1 Å². The molecule has 0 amide bonds. The molecule has 25 heavy (non-hydrogen) atoms. The molecule has 2 fully saturated rings. The molecule has 0 bridgehead atoms. The van der Waals surface area contributed by atoms with Crippen LogP contribution in [0.3, 0.4) is 0 Å². The highest BCUT2D eigenvalue weighted by Gasteiger charge is 2.56. The van der Waals surface area contributed by atoms with Gasteiger partial charge in [-0.15, -0.1) is 0 Å². The fourth-order valence-corrected chi connectivity index (χ4v) is 5.01. The van der Waals surface area contributed by atoms with Gasteiger partial charge in [0.15, 0.2) is 0 Å². The van der Waals surface area contributed by atoms with E-state index in [9.17, 15) is 19.7 Å². The van der Waals surface area contributed by atoms with Crippen molar-refractivity contribution in [2.45, 2.75) is 57.4 Å². The molecular weight excluding hydrogens is 320 g/mol. The van der Waals surface area contributed by atoms with E-state index >= 15 is 0 Å². The molecule has 3 aliphatic rings. The Morgan fingerprint density at radius 1 is 1.08 bits per heavy atom. The fourth-order valence-electron chi connectivity index (χ4n) is 5.01. The van der Waals surface area contributed by atoms with E-state index < -0.39 is 10.3 Å². The van der Waals surface area contributed by atoms with Gasteiger partial charge < -0.3 is 4.90 Å². The minimum absolute atomic E-state index is 0.0258. The van der Waals surface area contributed by atoms with E-state index in [2.05, 4.69) is 4.90 Å². The third-order valence-corrected chi connectivity index (χ3v) is 6.18. The first kappa shape index (κ1) is 16.2. The van der Waals surface area contributed by atoms with Crippen molar-refractivity contribution < 1.29 is 14.5 Å². The number of nitro groups is 1. The predicted molar refractivity (Wildman–Crippen MR) is 92.7 cm³/mol. The minimum Gasteiger partial charge on any atom is -0.367 e. The Bertz CT molecular complexity index is 742. The maximum Gasteiger partial charge on any atom is 0.269 e. The minimum atomic E-state index is -0.995. The summed E-state index contributed by atoms with van der Waals surface area (Å²) in [5.41, 5.74) is 0.772. The number of nitrogens with zero attached hydrogens (tertiary/aromatic N) is 2. The van der Waals surface area contributed by atoms with Gasteiger partial charge in [-0.05, 0) is 37.3 Å². The molecule has 1 aromatic carbocycles. The molecule has 2 aliphatic heterocycles. The topological polar surface area (TPSA) is 80.5 Å². The maximum absolute atomic E-state index is 13.0. The zero-order valence-electron chi connectivity index (χ0n) is 14.2. The lowest BCUT2D eigenvalue weighted by molar-refractivity contribution is -0.384. The fraction of sp³-hybridized carbons (Fsp3) is 0.579. The summed E-state index contributed by atoms with van der Waals surface area (Å²) < 4.78 is 0. The summed E-state index contributed by atoms with van der Waals surface area (Å²) in [7, 11) is 0.